The van der Waals surface area contributed by atoms with Gasteiger partial charge < -0.3 is 15.7 Å². The largest absolute Gasteiger partial charge is 0.394 e. The fourth-order valence-corrected chi connectivity index (χ4v) is 1.86. The lowest BCUT2D eigenvalue weighted by Gasteiger charge is -2.11. The molecular weight excluding hydrogens is 268 g/mol. The second-order valence-corrected chi connectivity index (χ2v) is 5.17. The van der Waals surface area contributed by atoms with Crippen LogP contribution in [0.1, 0.15) is 38.7 Å². The minimum absolute atomic E-state index is 0.203. The van der Waals surface area contributed by atoms with Crippen LogP contribution in [0.3, 0.4) is 0 Å². The third-order valence-corrected chi connectivity index (χ3v) is 3.14. The van der Waals surface area contributed by atoms with Crippen LogP contribution >= 0.6 is 0 Å². The van der Waals surface area contributed by atoms with E-state index in [0.717, 1.165) is 12.8 Å². The number of carbonyl (C=O) groups is 2. The molecule has 1 aromatic carbocycles. The van der Waals surface area contributed by atoms with Crippen LogP contribution in [-0.2, 0) is 16.0 Å². The van der Waals surface area contributed by atoms with Crippen molar-refractivity contribution < 1.29 is 14.7 Å². The Kier molecular flexibility index (Phi) is 7.46. The lowest BCUT2D eigenvalue weighted by Crippen LogP contribution is -2.42. The average molecular weight is 292 g/mol. The lowest BCUT2D eigenvalue weighted by atomic mass is 10.1. The highest BCUT2D eigenvalue weighted by atomic mass is 16.3. The summed E-state index contributed by atoms with van der Waals surface area (Å²) in [5.41, 5.74) is 1.81. The molecule has 0 heterocycles. The number of nitrogens with one attached hydrogen (secondary N) is 2. The molecule has 116 valence electrons. The van der Waals surface area contributed by atoms with Crippen molar-refractivity contribution in [1.82, 2.24) is 5.32 Å². The summed E-state index contributed by atoms with van der Waals surface area (Å²) >= 11 is 0. The number of aliphatic hydroxyl groups excluding tert-OH is 1. The van der Waals surface area contributed by atoms with Gasteiger partial charge in [0, 0.05) is 11.7 Å². The average Bonchev–Trinajstić information content (AvgIpc) is 2.49. The molecule has 0 aromatic heterocycles. The SMILES string of the molecule is CCCCCc1ccc(NC(=O)C(=O)NC(C)CO)cc1. The Morgan fingerprint density at radius 2 is 1.81 bits per heavy atom. The van der Waals surface area contributed by atoms with Crippen molar-refractivity contribution in [3.63, 3.8) is 0 Å². The Balaban J connectivity index is 2.47. The van der Waals surface area contributed by atoms with Crippen LogP contribution in [0.5, 0.6) is 0 Å². The number of aliphatic hydroxyl groups is 1. The zero-order valence-electron chi connectivity index (χ0n) is 12.7. The Hall–Kier alpha value is -1.88. The molecule has 0 aliphatic rings. The lowest BCUT2D eigenvalue weighted by molar-refractivity contribution is -0.136. The maximum Gasteiger partial charge on any atom is 0.313 e. The number of hydrogen-bond acceptors (Lipinski definition) is 3. The summed E-state index contributed by atoms with van der Waals surface area (Å²) in [7, 11) is 0. The molecule has 0 fully saturated rings. The predicted octanol–water partition coefficient (Wildman–Crippen LogP) is 1.85. The van der Waals surface area contributed by atoms with Gasteiger partial charge in [-0.1, -0.05) is 31.9 Å². The quantitative estimate of drug-likeness (QED) is 0.530. The van der Waals surface area contributed by atoms with Crippen molar-refractivity contribution in [1.29, 1.82) is 0 Å². The van der Waals surface area contributed by atoms with E-state index in [1.54, 1.807) is 19.1 Å². The number of amides is 2. The van der Waals surface area contributed by atoms with Crippen LogP contribution < -0.4 is 10.6 Å². The van der Waals surface area contributed by atoms with Gasteiger partial charge in [-0.25, -0.2) is 0 Å². The van der Waals surface area contributed by atoms with E-state index < -0.39 is 17.9 Å². The van der Waals surface area contributed by atoms with E-state index in [4.69, 9.17) is 5.11 Å². The van der Waals surface area contributed by atoms with Gasteiger partial charge in [0.2, 0.25) is 0 Å². The Bertz CT molecular complexity index is 457. The maximum absolute atomic E-state index is 11.7. The minimum Gasteiger partial charge on any atom is -0.394 e. The number of unbranched alkanes of at least 4 members (excludes halogenated alkanes) is 2. The van der Waals surface area contributed by atoms with Crippen molar-refractivity contribution in [2.75, 3.05) is 11.9 Å². The third kappa shape index (κ3) is 6.40. The molecule has 5 heteroatoms. The van der Waals surface area contributed by atoms with Gasteiger partial charge >= 0.3 is 11.8 Å². The zero-order valence-corrected chi connectivity index (χ0v) is 12.7. The van der Waals surface area contributed by atoms with E-state index in [-0.39, 0.29) is 6.61 Å². The molecule has 3 N–H and O–H groups in total. The van der Waals surface area contributed by atoms with Gasteiger partial charge in [0.15, 0.2) is 0 Å². The first kappa shape index (κ1) is 17.2. The molecule has 0 radical (unpaired) electrons. The summed E-state index contributed by atoms with van der Waals surface area (Å²) in [5.74, 6) is -1.47. The van der Waals surface area contributed by atoms with Crippen LogP contribution in [0, 0.1) is 0 Å². The molecule has 1 rings (SSSR count). The monoisotopic (exact) mass is 292 g/mol. The van der Waals surface area contributed by atoms with Crippen LogP contribution in [-0.4, -0.2) is 29.6 Å². The van der Waals surface area contributed by atoms with E-state index >= 15 is 0 Å². The molecule has 0 aliphatic carbocycles. The maximum atomic E-state index is 11.7. The highest BCUT2D eigenvalue weighted by Crippen LogP contribution is 2.12. The summed E-state index contributed by atoms with van der Waals surface area (Å²) in [4.78, 5) is 23.2. The van der Waals surface area contributed by atoms with Crippen molar-refractivity contribution in [3.05, 3.63) is 29.8 Å². The molecule has 5 nitrogen and oxygen atoms in total. The fraction of sp³-hybridized carbons (Fsp3) is 0.500. The van der Waals surface area contributed by atoms with E-state index in [0.29, 0.717) is 5.69 Å². The van der Waals surface area contributed by atoms with Gasteiger partial charge in [0.25, 0.3) is 0 Å². The summed E-state index contributed by atoms with van der Waals surface area (Å²) in [6, 6.07) is 7.06. The first-order valence-electron chi connectivity index (χ1n) is 7.38. The second-order valence-electron chi connectivity index (χ2n) is 5.17. The predicted molar refractivity (Wildman–Crippen MR) is 83.0 cm³/mol. The van der Waals surface area contributed by atoms with E-state index in [2.05, 4.69) is 17.6 Å². The zero-order chi connectivity index (χ0) is 15.7. The Morgan fingerprint density at radius 1 is 1.14 bits per heavy atom. The summed E-state index contributed by atoms with van der Waals surface area (Å²) < 4.78 is 0. The van der Waals surface area contributed by atoms with Crippen LogP contribution in [0.4, 0.5) is 5.69 Å². The third-order valence-electron chi connectivity index (χ3n) is 3.14. The number of benzene rings is 1. The van der Waals surface area contributed by atoms with Gasteiger partial charge in [0.1, 0.15) is 0 Å². The van der Waals surface area contributed by atoms with Gasteiger partial charge in [-0.15, -0.1) is 0 Å². The molecule has 1 aromatic rings. The highest BCUT2D eigenvalue weighted by molar-refractivity contribution is 6.39. The normalized spacial score (nSPS) is 11.8. The molecule has 0 bridgehead atoms. The number of carbonyl (C=O) groups excluding carboxylic acids is 2. The van der Waals surface area contributed by atoms with Gasteiger partial charge in [0.05, 0.1) is 6.61 Å². The van der Waals surface area contributed by atoms with Crippen LogP contribution in [0.15, 0.2) is 24.3 Å². The Morgan fingerprint density at radius 3 is 2.38 bits per heavy atom. The smallest absolute Gasteiger partial charge is 0.313 e. The summed E-state index contributed by atoms with van der Waals surface area (Å²) in [5, 5.41) is 13.8. The van der Waals surface area contributed by atoms with Gasteiger partial charge in [-0.05, 0) is 37.5 Å². The van der Waals surface area contributed by atoms with Crippen molar-refractivity contribution in [3.8, 4) is 0 Å². The first-order chi connectivity index (χ1) is 10.1. The summed E-state index contributed by atoms with van der Waals surface area (Å²) in [6.45, 7) is 3.59. The molecule has 2 amide bonds. The van der Waals surface area contributed by atoms with Crippen LogP contribution in [0.2, 0.25) is 0 Å². The highest BCUT2D eigenvalue weighted by Gasteiger charge is 2.15. The number of rotatable bonds is 7. The van der Waals surface area contributed by atoms with E-state index in [1.807, 2.05) is 12.1 Å². The number of hydrogen-bond donors (Lipinski definition) is 3. The minimum atomic E-state index is -0.747. The molecule has 0 spiro atoms. The molecule has 0 saturated carbocycles. The van der Waals surface area contributed by atoms with Crippen molar-refractivity contribution in [2.24, 2.45) is 0 Å². The molecule has 0 aliphatic heterocycles. The molecule has 21 heavy (non-hydrogen) atoms. The Labute approximate surface area is 125 Å². The molecule has 1 atom stereocenters. The van der Waals surface area contributed by atoms with E-state index in [1.165, 1.54) is 18.4 Å². The van der Waals surface area contributed by atoms with Crippen molar-refractivity contribution in [2.45, 2.75) is 45.6 Å². The van der Waals surface area contributed by atoms with Crippen molar-refractivity contribution >= 4 is 17.5 Å². The van der Waals surface area contributed by atoms with Gasteiger partial charge in [-0.2, -0.15) is 0 Å². The topological polar surface area (TPSA) is 78.4 Å². The molecule has 0 saturated heterocycles. The number of aryl methyl sites for hydroxylation is 1. The fourth-order valence-electron chi connectivity index (χ4n) is 1.86. The standard InChI is InChI=1S/C16H24N2O3/c1-3-4-5-6-13-7-9-14(10-8-13)18-16(21)15(20)17-12(2)11-19/h7-10,12,19H,3-6,11H2,1-2H3,(H,17,20)(H,18,21). The molecule has 1 unspecified atom stereocenters. The second kappa shape index (κ2) is 9.13. The number of anilines is 1. The van der Waals surface area contributed by atoms with Crippen LogP contribution in [0.25, 0.3) is 0 Å². The first-order valence-corrected chi connectivity index (χ1v) is 7.38. The summed E-state index contributed by atoms with van der Waals surface area (Å²) in [6.07, 6.45) is 4.58. The van der Waals surface area contributed by atoms with Gasteiger partial charge in [-0.3, -0.25) is 9.59 Å². The van der Waals surface area contributed by atoms with E-state index in [9.17, 15) is 9.59 Å². The molecular formula is C16H24N2O3.